The summed E-state index contributed by atoms with van der Waals surface area (Å²) in [4.78, 5) is 26.3. The summed E-state index contributed by atoms with van der Waals surface area (Å²) in [6.07, 6.45) is 1.71. The molecule has 0 unspecified atom stereocenters. The number of anilines is 2. The zero-order valence-corrected chi connectivity index (χ0v) is 20.9. The van der Waals surface area contributed by atoms with E-state index in [2.05, 4.69) is 36.5 Å². The van der Waals surface area contributed by atoms with Crippen LogP contribution in [0.4, 0.5) is 11.6 Å². The van der Waals surface area contributed by atoms with Crippen molar-refractivity contribution in [3.63, 3.8) is 0 Å². The number of rotatable bonds is 11. The summed E-state index contributed by atoms with van der Waals surface area (Å²) < 4.78 is 10.8. The maximum absolute atomic E-state index is 13.1. The normalized spacial score (nSPS) is 14.6. The third-order valence-electron chi connectivity index (χ3n) is 6.23. The number of aliphatic hydroxyl groups excluding tert-OH is 1. The highest BCUT2D eigenvalue weighted by Gasteiger charge is 2.19. The SMILES string of the molecule is CNc1nccc(-c2cc(NC(=O)CN3CCN(CCOCCO)CC3)c3cc(OC)ccc3c2)n1. The fourth-order valence-electron chi connectivity index (χ4n) is 4.28. The van der Waals surface area contributed by atoms with Gasteiger partial charge in [-0.05, 0) is 35.7 Å². The van der Waals surface area contributed by atoms with Crippen LogP contribution in [0.3, 0.4) is 0 Å². The van der Waals surface area contributed by atoms with E-state index in [9.17, 15) is 4.79 Å². The molecule has 2 aromatic carbocycles. The lowest BCUT2D eigenvalue weighted by Gasteiger charge is -2.34. The van der Waals surface area contributed by atoms with Gasteiger partial charge in [0.05, 0.1) is 39.2 Å². The first-order valence-corrected chi connectivity index (χ1v) is 12.2. The summed E-state index contributed by atoms with van der Waals surface area (Å²) in [6, 6.07) is 11.7. The van der Waals surface area contributed by atoms with Crippen molar-refractivity contribution >= 4 is 28.3 Å². The molecule has 1 amide bonds. The van der Waals surface area contributed by atoms with E-state index in [1.165, 1.54) is 0 Å². The summed E-state index contributed by atoms with van der Waals surface area (Å²) >= 11 is 0. The fourth-order valence-corrected chi connectivity index (χ4v) is 4.28. The molecule has 1 fully saturated rings. The molecule has 0 aliphatic carbocycles. The quantitative estimate of drug-likeness (QED) is 0.344. The Morgan fingerprint density at radius 3 is 2.64 bits per heavy atom. The summed E-state index contributed by atoms with van der Waals surface area (Å²) in [6.45, 7) is 5.57. The second-order valence-corrected chi connectivity index (χ2v) is 8.63. The highest BCUT2D eigenvalue weighted by atomic mass is 16.5. The fraction of sp³-hybridized carbons (Fsp3) is 0.423. The first-order valence-electron chi connectivity index (χ1n) is 12.2. The second-order valence-electron chi connectivity index (χ2n) is 8.63. The molecule has 1 aliphatic rings. The minimum absolute atomic E-state index is 0.0456. The molecule has 0 atom stereocenters. The molecule has 1 aliphatic heterocycles. The zero-order chi connectivity index (χ0) is 25.3. The minimum atomic E-state index is -0.0606. The van der Waals surface area contributed by atoms with Gasteiger partial charge in [0.15, 0.2) is 0 Å². The Bertz CT molecular complexity index is 1170. The number of benzene rings is 2. The van der Waals surface area contributed by atoms with Crippen molar-refractivity contribution in [1.29, 1.82) is 0 Å². The Balaban J connectivity index is 1.46. The summed E-state index contributed by atoms with van der Waals surface area (Å²) in [5.74, 6) is 1.20. The topological polar surface area (TPSA) is 112 Å². The van der Waals surface area contributed by atoms with Crippen molar-refractivity contribution in [1.82, 2.24) is 19.8 Å². The van der Waals surface area contributed by atoms with E-state index < -0.39 is 0 Å². The Hall–Kier alpha value is -3.31. The molecular formula is C26H34N6O4. The number of carbonyl (C=O) groups is 1. The lowest BCUT2D eigenvalue weighted by atomic mass is 10.0. The molecule has 36 heavy (non-hydrogen) atoms. The molecular weight excluding hydrogens is 460 g/mol. The Kier molecular flexibility index (Phi) is 9.01. The molecule has 10 heteroatoms. The molecule has 4 rings (SSSR count). The highest BCUT2D eigenvalue weighted by molar-refractivity contribution is 6.05. The summed E-state index contributed by atoms with van der Waals surface area (Å²) in [7, 11) is 3.41. The number of amides is 1. The van der Waals surface area contributed by atoms with Crippen LogP contribution in [0.2, 0.25) is 0 Å². The highest BCUT2D eigenvalue weighted by Crippen LogP contribution is 2.33. The van der Waals surface area contributed by atoms with Crippen LogP contribution in [0.25, 0.3) is 22.0 Å². The molecule has 1 aromatic heterocycles. The molecule has 3 N–H and O–H groups in total. The minimum Gasteiger partial charge on any atom is -0.497 e. The first-order chi connectivity index (χ1) is 17.6. The van der Waals surface area contributed by atoms with E-state index in [1.807, 2.05) is 30.3 Å². The molecule has 3 aromatic rings. The summed E-state index contributed by atoms with van der Waals surface area (Å²) in [5, 5.41) is 16.8. The molecule has 0 saturated carbocycles. The number of ether oxygens (including phenoxy) is 2. The number of aliphatic hydroxyl groups is 1. The number of piperazine rings is 1. The van der Waals surface area contributed by atoms with Crippen molar-refractivity contribution in [2.45, 2.75) is 0 Å². The number of carbonyl (C=O) groups excluding carboxylic acids is 1. The molecule has 2 heterocycles. The van der Waals surface area contributed by atoms with E-state index in [0.29, 0.717) is 25.7 Å². The summed E-state index contributed by atoms with van der Waals surface area (Å²) in [5.41, 5.74) is 2.37. The van der Waals surface area contributed by atoms with Gasteiger partial charge < -0.3 is 25.2 Å². The van der Waals surface area contributed by atoms with E-state index >= 15 is 0 Å². The maximum atomic E-state index is 13.1. The van der Waals surface area contributed by atoms with E-state index in [4.69, 9.17) is 14.6 Å². The predicted octanol–water partition coefficient (Wildman–Crippen LogP) is 1.91. The van der Waals surface area contributed by atoms with Crippen molar-refractivity contribution in [2.24, 2.45) is 0 Å². The molecule has 0 bridgehead atoms. The Morgan fingerprint density at radius 2 is 1.89 bits per heavy atom. The van der Waals surface area contributed by atoms with E-state index in [0.717, 1.165) is 66.2 Å². The monoisotopic (exact) mass is 494 g/mol. The van der Waals surface area contributed by atoms with Gasteiger partial charge in [-0.15, -0.1) is 0 Å². The van der Waals surface area contributed by atoms with Gasteiger partial charge in [-0.1, -0.05) is 6.07 Å². The van der Waals surface area contributed by atoms with Crippen molar-refractivity contribution in [3.05, 3.63) is 42.6 Å². The van der Waals surface area contributed by atoms with Crippen LogP contribution >= 0.6 is 0 Å². The molecule has 192 valence electrons. The number of fused-ring (bicyclic) bond motifs is 1. The van der Waals surface area contributed by atoms with Crippen molar-refractivity contribution in [3.8, 4) is 17.0 Å². The van der Waals surface area contributed by atoms with Crippen LogP contribution in [-0.2, 0) is 9.53 Å². The van der Waals surface area contributed by atoms with Gasteiger partial charge in [0.1, 0.15) is 5.75 Å². The largest absolute Gasteiger partial charge is 0.497 e. The van der Waals surface area contributed by atoms with Crippen LogP contribution in [-0.4, -0.2) is 104 Å². The smallest absolute Gasteiger partial charge is 0.238 e. The van der Waals surface area contributed by atoms with Crippen LogP contribution in [0.5, 0.6) is 5.75 Å². The van der Waals surface area contributed by atoms with Crippen LogP contribution in [0.15, 0.2) is 42.6 Å². The third kappa shape index (κ3) is 6.67. The van der Waals surface area contributed by atoms with Crippen molar-refractivity contribution < 1.29 is 19.4 Å². The molecule has 10 nitrogen and oxygen atoms in total. The predicted molar refractivity (Wildman–Crippen MR) is 140 cm³/mol. The number of nitrogens with one attached hydrogen (secondary N) is 2. The number of hydrogen-bond acceptors (Lipinski definition) is 9. The maximum Gasteiger partial charge on any atom is 0.238 e. The second kappa shape index (κ2) is 12.6. The van der Waals surface area contributed by atoms with Crippen molar-refractivity contribution in [2.75, 3.05) is 83.9 Å². The Morgan fingerprint density at radius 1 is 1.08 bits per heavy atom. The molecule has 0 radical (unpaired) electrons. The lowest BCUT2D eigenvalue weighted by Crippen LogP contribution is -2.49. The van der Waals surface area contributed by atoms with Gasteiger partial charge in [0, 0.05) is 62.6 Å². The number of nitrogens with zero attached hydrogens (tertiary/aromatic N) is 4. The van der Waals surface area contributed by atoms with Gasteiger partial charge >= 0.3 is 0 Å². The third-order valence-corrected chi connectivity index (χ3v) is 6.23. The average Bonchev–Trinajstić information content (AvgIpc) is 2.91. The lowest BCUT2D eigenvalue weighted by molar-refractivity contribution is -0.117. The Labute approximate surface area is 211 Å². The first kappa shape index (κ1) is 25.8. The number of aromatic nitrogens is 2. The van der Waals surface area contributed by atoms with E-state index in [1.54, 1.807) is 20.4 Å². The number of methoxy groups -OCH3 is 1. The average molecular weight is 495 g/mol. The van der Waals surface area contributed by atoms with Gasteiger partial charge in [0.25, 0.3) is 0 Å². The van der Waals surface area contributed by atoms with E-state index in [-0.39, 0.29) is 12.5 Å². The van der Waals surface area contributed by atoms with Gasteiger partial charge in [0.2, 0.25) is 11.9 Å². The standard InChI is InChI=1S/C26H34N6O4/c1-27-26-28-6-5-23(30-26)20-15-19-3-4-21(35-2)17-22(19)24(16-20)29-25(34)18-32-9-7-31(8-10-32)11-13-36-14-12-33/h3-6,15-17,33H,7-14,18H2,1-2H3,(H,29,34)(H,27,28,30). The molecule has 0 spiro atoms. The molecule has 1 saturated heterocycles. The number of hydrogen-bond donors (Lipinski definition) is 3. The van der Waals surface area contributed by atoms with Crippen LogP contribution in [0, 0.1) is 0 Å². The zero-order valence-electron chi connectivity index (χ0n) is 20.9. The van der Waals surface area contributed by atoms with Gasteiger partial charge in [-0.3, -0.25) is 14.6 Å². The van der Waals surface area contributed by atoms with Crippen LogP contribution < -0.4 is 15.4 Å². The van der Waals surface area contributed by atoms with Crippen LogP contribution in [0.1, 0.15) is 0 Å². The van der Waals surface area contributed by atoms with Gasteiger partial charge in [-0.25, -0.2) is 9.97 Å². The van der Waals surface area contributed by atoms with Gasteiger partial charge in [-0.2, -0.15) is 0 Å².